The van der Waals surface area contributed by atoms with Crippen molar-refractivity contribution in [1.82, 2.24) is 4.57 Å². The lowest BCUT2D eigenvalue weighted by molar-refractivity contribution is -0.116. The Morgan fingerprint density at radius 3 is 2.42 bits per heavy atom. The molecule has 100 valence electrons. The molecule has 2 heteroatoms. The van der Waals surface area contributed by atoms with Gasteiger partial charge in [-0.25, -0.2) is 0 Å². The van der Waals surface area contributed by atoms with Gasteiger partial charge < -0.3 is 4.57 Å². The van der Waals surface area contributed by atoms with Crippen LogP contribution in [0.25, 0.3) is 5.69 Å². The number of hydrogen-bond donors (Lipinski definition) is 0. The second-order valence-electron chi connectivity index (χ2n) is 5.40. The smallest absolute Gasteiger partial charge is 0.134 e. The highest BCUT2D eigenvalue weighted by Crippen LogP contribution is 2.24. The molecule has 0 spiro atoms. The van der Waals surface area contributed by atoms with Gasteiger partial charge in [-0.05, 0) is 63.4 Å². The fourth-order valence-corrected chi connectivity index (χ4v) is 2.61. The molecule has 2 nitrogen and oxygen atoms in total. The molecule has 0 N–H and O–H groups in total. The Balaban J connectivity index is 2.59. The largest absolute Gasteiger partial charge is 0.318 e. The van der Waals surface area contributed by atoms with E-state index in [1.807, 2.05) is 0 Å². The summed E-state index contributed by atoms with van der Waals surface area (Å²) in [5, 5.41) is 0. The third-order valence-corrected chi connectivity index (χ3v) is 3.58. The minimum absolute atomic E-state index is 0.209. The van der Waals surface area contributed by atoms with Gasteiger partial charge >= 0.3 is 0 Å². The molecule has 1 heterocycles. The summed E-state index contributed by atoms with van der Waals surface area (Å²) in [5.41, 5.74) is 7.20. The first kappa shape index (κ1) is 13.6. The minimum Gasteiger partial charge on any atom is -0.318 e. The summed E-state index contributed by atoms with van der Waals surface area (Å²) in [7, 11) is 0. The number of hydrogen-bond acceptors (Lipinski definition) is 1. The number of ketones is 1. The van der Waals surface area contributed by atoms with Crippen LogP contribution < -0.4 is 0 Å². The van der Waals surface area contributed by atoms with Crippen LogP contribution in [0.4, 0.5) is 0 Å². The predicted molar refractivity (Wildman–Crippen MR) is 79.1 cm³/mol. The summed E-state index contributed by atoms with van der Waals surface area (Å²) >= 11 is 0. The van der Waals surface area contributed by atoms with Crippen LogP contribution >= 0.6 is 0 Å². The van der Waals surface area contributed by atoms with Crippen LogP contribution in [0.2, 0.25) is 0 Å². The van der Waals surface area contributed by atoms with Crippen LogP contribution in [-0.2, 0) is 11.2 Å². The second-order valence-corrected chi connectivity index (χ2v) is 5.40. The third-order valence-electron chi connectivity index (χ3n) is 3.58. The van der Waals surface area contributed by atoms with E-state index in [2.05, 4.69) is 56.5 Å². The molecule has 1 aromatic carbocycles. The van der Waals surface area contributed by atoms with E-state index in [9.17, 15) is 4.79 Å². The first-order valence-electron chi connectivity index (χ1n) is 6.65. The van der Waals surface area contributed by atoms with Crippen molar-refractivity contribution in [3.05, 3.63) is 52.3 Å². The van der Waals surface area contributed by atoms with Crippen molar-refractivity contribution in [2.45, 2.75) is 41.0 Å². The molecule has 0 aliphatic heterocycles. The van der Waals surface area contributed by atoms with E-state index in [1.54, 1.807) is 6.92 Å². The molecule has 2 aromatic rings. The molecule has 0 aliphatic carbocycles. The molecule has 0 saturated carbocycles. The number of aryl methyl sites for hydroxylation is 3. The van der Waals surface area contributed by atoms with Crippen molar-refractivity contribution in [3.8, 4) is 5.69 Å². The molecule has 0 amide bonds. The number of aromatic nitrogens is 1. The molecule has 0 bridgehead atoms. The van der Waals surface area contributed by atoms with Gasteiger partial charge in [0.15, 0.2) is 0 Å². The van der Waals surface area contributed by atoms with E-state index in [1.165, 1.54) is 28.2 Å². The lowest BCUT2D eigenvalue weighted by atomic mass is 10.1. The topological polar surface area (TPSA) is 22.0 Å². The average molecular weight is 255 g/mol. The Morgan fingerprint density at radius 1 is 1.11 bits per heavy atom. The highest BCUT2D eigenvalue weighted by Gasteiger charge is 2.13. The molecule has 0 radical (unpaired) electrons. The van der Waals surface area contributed by atoms with Gasteiger partial charge in [-0.15, -0.1) is 0 Å². The minimum atomic E-state index is 0.209. The average Bonchev–Trinajstić information content (AvgIpc) is 2.57. The van der Waals surface area contributed by atoms with Crippen molar-refractivity contribution in [2.24, 2.45) is 0 Å². The Morgan fingerprint density at radius 2 is 1.79 bits per heavy atom. The Labute approximate surface area is 115 Å². The Bertz CT molecular complexity index is 635. The van der Waals surface area contributed by atoms with Crippen LogP contribution in [-0.4, -0.2) is 10.4 Å². The number of rotatable bonds is 3. The molecular formula is C17H21NO. The van der Waals surface area contributed by atoms with Crippen LogP contribution in [0.1, 0.15) is 35.0 Å². The summed E-state index contributed by atoms with van der Waals surface area (Å²) in [6.07, 6.45) is 0.518. The van der Waals surface area contributed by atoms with Gasteiger partial charge in [0, 0.05) is 23.5 Å². The first-order valence-corrected chi connectivity index (χ1v) is 6.65. The molecule has 0 fully saturated rings. The van der Waals surface area contributed by atoms with E-state index in [4.69, 9.17) is 0 Å². The van der Waals surface area contributed by atoms with Crippen LogP contribution in [0, 0.1) is 27.7 Å². The fourth-order valence-electron chi connectivity index (χ4n) is 2.61. The van der Waals surface area contributed by atoms with Crippen molar-refractivity contribution < 1.29 is 4.79 Å². The quantitative estimate of drug-likeness (QED) is 0.816. The molecule has 0 aliphatic rings. The van der Waals surface area contributed by atoms with Crippen LogP contribution in [0.15, 0.2) is 24.3 Å². The normalized spacial score (nSPS) is 10.8. The van der Waals surface area contributed by atoms with E-state index in [-0.39, 0.29) is 5.78 Å². The van der Waals surface area contributed by atoms with Gasteiger partial charge in [-0.2, -0.15) is 0 Å². The summed E-state index contributed by atoms with van der Waals surface area (Å²) in [5.74, 6) is 0.209. The number of benzene rings is 1. The zero-order valence-corrected chi connectivity index (χ0v) is 12.4. The highest BCUT2D eigenvalue weighted by molar-refractivity contribution is 5.78. The molecular weight excluding hydrogens is 234 g/mol. The van der Waals surface area contributed by atoms with Crippen LogP contribution in [0.5, 0.6) is 0 Å². The zero-order valence-electron chi connectivity index (χ0n) is 12.4. The van der Waals surface area contributed by atoms with E-state index < -0.39 is 0 Å². The van der Waals surface area contributed by atoms with E-state index in [0.29, 0.717) is 6.42 Å². The fraction of sp³-hybridized carbons (Fsp3) is 0.353. The number of nitrogens with zero attached hydrogens (tertiary/aromatic N) is 1. The van der Waals surface area contributed by atoms with E-state index >= 15 is 0 Å². The summed E-state index contributed by atoms with van der Waals surface area (Å²) < 4.78 is 2.25. The molecule has 19 heavy (non-hydrogen) atoms. The van der Waals surface area contributed by atoms with Crippen molar-refractivity contribution in [3.63, 3.8) is 0 Å². The standard InChI is InChI=1S/C17H21NO/c1-11-6-7-12(2)17(8-11)18-13(3)9-16(15(18)5)10-14(4)19/h6-9H,10H2,1-5H3. The molecule has 1 aromatic heterocycles. The first-order chi connectivity index (χ1) is 8.90. The Kier molecular flexibility index (Phi) is 3.61. The van der Waals surface area contributed by atoms with Gasteiger partial charge in [-0.3, -0.25) is 4.79 Å². The van der Waals surface area contributed by atoms with Gasteiger partial charge in [0.05, 0.1) is 0 Å². The van der Waals surface area contributed by atoms with Crippen molar-refractivity contribution in [2.75, 3.05) is 0 Å². The lowest BCUT2D eigenvalue weighted by Crippen LogP contribution is -2.03. The Hall–Kier alpha value is -1.83. The highest BCUT2D eigenvalue weighted by atomic mass is 16.1. The molecule has 2 rings (SSSR count). The maximum Gasteiger partial charge on any atom is 0.134 e. The number of carbonyl (C=O) groups excluding carboxylic acids is 1. The SMILES string of the molecule is CC(=O)Cc1cc(C)n(-c2cc(C)ccc2C)c1C. The summed E-state index contributed by atoms with van der Waals surface area (Å²) in [6, 6.07) is 8.60. The van der Waals surface area contributed by atoms with Crippen molar-refractivity contribution >= 4 is 5.78 Å². The second kappa shape index (κ2) is 5.04. The maximum atomic E-state index is 11.3. The van der Waals surface area contributed by atoms with Gasteiger partial charge in [-0.1, -0.05) is 12.1 Å². The maximum absolute atomic E-state index is 11.3. The summed E-state index contributed by atoms with van der Waals surface area (Å²) in [4.78, 5) is 11.3. The van der Waals surface area contributed by atoms with E-state index in [0.717, 1.165) is 5.56 Å². The third kappa shape index (κ3) is 2.62. The number of carbonyl (C=O) groups is 1. The van der Waals surface area contributed by atoms with Gasteiger partial charge in [0.2, 0.25) is 0 Å². The monoisotopic (exact) mass is 255 g/mol. The van der Waals surface area contributed by atoms with Gasteiger partial charge in [0.1, 0.15) is 5.78 Å². The lowest BCUT2D eigenvalue weighted by Gasteiger charge is -2.14. The molecule has 0 saturated heterocycles. The molecule has 0 unspecified atom stereocenters. The predicted octanol–water partition coefficient (Wildman–Crippen LogP) is 3.84. The number of Topliss-reactive ketones (excluding diaryl/α,β-unsaturated/α-hetero) is 1. The zero-order chi connectivity index (χ0) is 14.2. The van der Waals surface area contributed by atoms with Crippen molar-refractivity contribution in [1.29, 1.82) is 0 Å². The molecule has 0 atom stereocenters. The van der Waals surface area contributed by atoms with Gasteiger partial charge in [0.25, 0.3) is 0 Å². The van der Waals surface area contributed by atoms with Crippen LogP contribution in [0.3, 0.4) is 0 Å². The summed E-state index contributed by atoms with van der Waals surface area (Å²) in [6.45, 7) is 10.1.